The summed E-state index contributed by atoms with van der Waals surface area (Å²) in [6.07, 6.45) is 0.474. The Morgan fingerprint density at radius 2 is 1.53 bits per heavy atom. The van der Waals surface area contributed by atoms with E-state index in [4.69, 9.17) is 4.74 Å². The minimum absolute atomic E-state index is 0.0399. The van der Waals surface area contributed by atoms with Crippen LogP contribution in [-0.2, 0) is 4.79 Å². The number of anilines is 1. The summed E-state index contributed by atoms with van der Waals surface area (Å²) in [5, 5.41) is 8.93. The molecule has 1 saturated carbocycles. The summed E-state index contributed by atoms with van der Waals surface area (Å²) < 4.78 is 46.4. The third-order valence-corrected chi connectivity index (χ3v) is 6.37. The van der Waals surface area contributed by atoms with Crippen LogP contribution in [0, 0.1) is 11.8 Å². The molecule has 2 aromatic rings. The van der Waals surface area contributed by atoms with Gasteiger partial charge in [-0.3, -0.25) is 9.59 Å². The molecule has 1 aliphatic carbocycles. The molecule has 0 heterocycles. The van der Waals surface area contributed by atoms with E-state index in [0.29, 0.717) is 30.1 Å². The van der Waals surface area contributed by atoms with Crippen molar-refractivity contribution in [1.82, 2.24) is 10.6 Å². The molecule has 2 aromatic carbocycles. The van der Waals surface area contributed by atoms with E-state index in [1.807, 2.05) is 13.8 Å². The van der Waals surface area contributed by atoms with Crippen molar-refractivity contribution in [2.24, 2.45) is 11.8 Å². The molecule has 1 aliphatic rings. The van der Waals surface area contributed by atoms with E-state index in [9.17, 15) is 22.8 Å². The Morgan fingerprint density at radius 3 is 2.13 bits per heavy atom. The fraction of sp³-hybridized carbons (Fsp3) is 0.500. The van der Waals surface area contributed by atoms with E-state index in [1.165, 1.54) is 24.3 Å². The highest BCUT2D eigenvalue weighted by Crippen LogP contribution is 2.30. The Hall–Kier alpha value is -3.43. The van der Waals surface area contributed by atoms with Crippen molar-refractivity contribution in [1.29, 1.82) is 0 Å². The lowest BCUT2D eigenvalue weighted by Gasteiger charge is -2.29. The van der Waals surface area contributed by atoms with Gasteiger partial charge in [-0.05, 0) is 81.1 Å². The minimum Gasteiger partial charge on any atom is -0.491 e. The lowest BCUT2D eigenvalue weighted by Crippen LogP contribution is -2.44. The second kappa shape index (κ2) is 13.9. The number of hydrogen-bond acceptors (Lipinski definition) is 5. The summed E-state index contributed by atoms with van der Waals surface area (Å²) >= 11 is 0. The smallest absolute Gasteiger partial charge is 0.491 e. The van der Waals surface area contributed by atoms with Gasteiger partial charge in [0.05, 0.1) is 12.0 Å². The number of nitrogens with one attached hydrogen (secondary N) is 3. The molecule has 3 N–H and O–H groups in total. The fourth-order valence-electron chi connectivity index (χ4n) is 4.57. The van der Waals surface area contributed by atoms with Crippen LogP contribution < -0.4 is 25.4 Å². The van der Waals surface area contributed by atoms with E-state index in [1.54, 1.807) is 24.3 Å². The quantitative estimate of drug-likeness (QED) is 0.311. The molecule has 208 valence electrons. The Bertz CT molecular complexity index is 1020. The van der Waals surface area contributed by atoms with Crippen molar-refractivity contribution < 1.29 is 32.2 Å². The average Bonchev–Trinajstić information content (AvgIpc) is 2.87. The van der Waals surface area contributed by atoms with Crippen molar-refractivity contribution in [2.45, 2.75) is 58.4 Å². The summed E-state index contributed by atoms with van der Waals surface area (Å²) in [6.45, 7) is 4.82. The molecular weight excluding hydrogens is 499 g/mol. The normalized spacial score (nSPS) is 15.0. The Kier molecular flexibility index (Phi) is 10.7. The van der Waals surface area contributed by atoms with Gasteiger partial charge in [0.25, 0.3) is 5.91 Å². The third-order valence-electron chi connectivity index (χ3n) is 6.37. The SMILES string of the molecule is CC(C)Oc1ccc(C(=O)NCC(C(=O)NCCNc2ccc(OC(F)(F)F)cc2)C2CCCCC2)cc1. The maximum atomic E-state index is 13.1. The van der Waals surface area contributed by atoms with Crippen molar-refractivity contribution in [3.63, 3.8) is 0 Å². The molecule has 0 aromatic heterocycles. The summed E-state index contributed by atoms with van der Waals surface area (Å²) in [6, 6.07) is 12.3. The summed E-state index contributed by atoms with van der Waals surface area (Å²) in [5.74, 6) is -0.117. The molecule has 7 nitrogen and oxygen atoms in total. The molecule has 0 radical (unpaired) electrons. The van der Waals surface area contributed by atoms with E-state index in [0.717, 1.165) is 32.1 Å². The topological polar surface area (TPSA) is 88.7 Å². The van der Waals surface area contributed by atoms with Crippen LogP contribution in [0.4, 0.5) is 18.9 Å². The van der Waals surface area contributed by atoms with Gasteiger partial charge in [-0.2, -0.15) is 0 Å². The predicted molar refractivity (Wildman–Crippen MR) is 139 cm³/mol. The van der Waals surface area contributed by atoms with Gasteiger partial charge in [-0.1, -0.05) is 19.3 Å². The molecule has 10 heteroatoms. The maximum Gasteiger partial charge on any atom is 0.573 e. The van der Waals surface area contributed by atoms with Crippen LogP contribution in [0.25, 0.3) is 0 Å². The predicted octanol–water partition coefficient (Wildman–Crippen LogP) is 5.53. The van der Waals surface area contributed by atoms with Crippen molar-refractivity contribution in [3.05, 3.63) is 54.1 Å². The van der Waals surface area contributed by atoms with Crippen LogP contribution in [0.3, 0.4) is 0 Å². The summed E-state index contributed by atoms with van der Waals surface area (Å²) in [7, 11) is 0. The number of rotatable bonds is 12. The molecule has 0 spiro atoms. The van der Waals surface area contributed by atoms with Crippen LogP contribution in [0.1, 0.15) is 56.3 Å². The zero-order valence-electron chi connectivity index (χ0n) is 21.8. The van der Waals surface area contributed by atoms with Gasteiger partial charge in [0.1, 0.15) is 11.5 Å². The monoisotopic (exact) mass is 535 g/mol. The molecule has 0 bridgehead atoms. The number of alkyl halides is 3. The molecule has 1 atom stereocenters. The highest BCUT2D eigenvalue weighted by molar-refractivity contribution is 5.94. The number of carbonyl (C=O) groups is 2. The van der Waals surface area contributed by atoms with Gasteiger partial charge < -0.3 is 25.4 Å². The Morgan fingerprint density at radius 1 is 0.895 bits per heavy atom. The first-order valence-electron chi connectivity index (χ1n) is 13.0. The number of amides is 2. The van der Waals surface area contributed by atoms with Crippen molar-refractivity contribution >= 4 is 17.5 Å². The third kappa shape index (κ3) is 9.79. The Labute approximate surface area is 221 Å². The second-order valence-electron chi connectivity index (χ2n) is 9.70. The van der Waals surface area contributed by atoms with E-state index < -0.39 is 6.36 Å². The van der Waals surface area contributed by atoms with E-state index >= 15 is 0 Å². The van der Waals surface area contributed by atoms with Crippen LogP contribution in [0.15, 0.2) is 48.5 Å². The first kappa shape index (κ1) is 29.1. The van der Waals surface area contributed by atoms with Crippen LogP contribution in [0.2, 0.25) is 0 Å². The molecule has 1 fully saturated rings. The largest absolute Gasteiger partial charge is 0.573 e. The molecule has 1 unspecified atom stereocenters. The molecule has 2 amide bonds. The maximum absolute atomic E-state index is 13.1. The molecule has 0 saturated heterocycles. The summed E-state index contributed by atoms with van der Waals surface area (Å²) in [4.78, 5) is 25.8. The minimum atomic E-state index is -4.74. The number of ether oxygens (including phenoxy) is 2. The Balaban J connectivity index is 1.49. The number of hydrogen-bond donors (Lipinski definition) is 3. The van der Waals surface area contributed by atoms with Gasteiger partial charge in [-0.25, -0.2) is 0 Å². The zero-order valence-corrected chi connectivity index (χ0v) is 21.8. The highest BCUT2D eigenvalue weighted by atomic mass is 19.4. The van der Waals surface area contributed by atoms with Crippen LogP contribution in [0.5, 0.6) is 11.5 Å². The van der Waals surface area contributed by atoms with Gasteiger partial charge in [0.15, 0.2) is 0 Å². The zero-order chi connectivity index (χ0) is 27.5. The van der Waals surface area contributed by atoms with E-state index in [2.05, 4.69) is 20.7 Å². The van der Waals surface area contributed by atoms with Crippen LogP contribution in [-0.4, -0.2) is 43.9 Å². The summed E-state index contributed by atoms with van der Waals surface area (Å²) in [5.41, 5.74) is 1.11. The number of benzene rings is 2. The number of halogens is 3. The molecule has 38 heavy (non-hydrogen) atoms. The average molecular weight is 536 g/mol. The van der Waals surface area contributed by atoms with Crippen molar-refractivity contribution in [3.8, 4) is 11.5 Å². The van der Waals surface area contributed by atoms with E-state index in [-0.39, 0.29) is 42.0 Å². The lowest BCUT2D eigenvalue weighted by molar-refractivity contribution is -0.274. The van der Waals surface area contributed by atoms with Gasteiger partial charge in [0, 0.05) is 30.9 Å². The van der Waals surface area contributed by atoms with Gasteiger partial charge in [-0.15, -0.1) is 13.2 Å². The molecular formula is C28H36F3N3O4. The fourth-order valence-corrected chi connectivity index (χ4v) is 4.57. The second-order valence-corrected chi connectivity index (χ2v) is 9.70. The van der Waals surface area contributed by atoms with Gasteiger partial charge in [0.2, 0.25) is 5.91 Å². The first-order chi connectivity index (χ1) is 18.1. The van der Waals surface area contributed by atoms with Crippen molar-refractivity contribution in [2.75, 3.05) is 25.0 Å². The first-order valence-corrected chi connectivity index (χ1v) is 13.0. The standard InChI is InChI=1S/C28H36F3N3O4/c1-19(2)37-23-12-8-21(9-13-23)26(35)34-18-25(20-6-4-3-5-7-20)27(36)33-17-16-32-22-10-14-24(15-11-22)38-28(29,30)31/h8-15,19-20,25,32H,3-7,16-18H2,1-2H3,(H,33,36)(H,34,35). The highest BCUT2D eigenvalue weighted by Gasteiger charge is 2.31. The van der Waals surface area contributed by atoms with Crippen LogP contribution >= 0.6 is 0 Å². The number of carbonyl (C=O) groups excluding carboxylic acids is 2. The van der Waals surface area contributed by atoms with Gasteiger partial charge >= 0.3 is 6.36 Å². The molecule has 3 rings (SSSR count). The lowest BCUT2D eigenvalue weighted by atomic mass is 9.79. The molecule has 0 aliphatic heterocycles.